The van der Waals surface area contributed by atoms with Crippen LogP contribution in [-0.2, 0) is 4.79 Å². The highest BCUT2D eigenvalue weighted by Gasteiger charge is 2.25. The van der Waals surface area contributed by atoms with Crippen LogP contribution in [-0.4, -0.2) is 61.0 Å². The average molecular weight is 368 g/mol. The largest absolute Gasteiger partial charge is 0.486 e. The fourth-order valence-corrected chi connectivity index (χ4v) is 3.12. The predicted octanol–water partition coefficient (Wildman–Crippen LogP) is 2.05. The van der Waals surface area contributed by atoms with E-state index in [0.29, 0.717) is 50.9 Å². The normalized spacial score (nSPS) is 16.6. The van der Waals surface area contributed by atoms with E-state index in [1.807, 2.05) is 18.2 Å². The molecule has 27 heavy (non-hydrogen) atoms. The molecule has 1 aromatic carbocycles. The van der Waals surface area contributed by atoms with Crippen LogP contribution in [0.3, 0.4) is 0 Å². The molecule has 1 fully saturated rings. The minimum absolute atomic E-state index is 0.0741. The minimum Gasteiger partial charge on any atom is -0.486 e. The van der Waals surface area contributed by atoms with Gasteiger partial charge in [0, 0.05) is 32.3 Å². The Morgan fingerprint density at radius 3 is 2.41 bits per heavy atom. The molecule has 2 aliphatic heterocycles. The van der Waals surface area contributed by atoms with E-state index < -0.39 is 0 Å². The predicted molar refractivity (Wildman–Crippen MR) is 97.7 cm³/mol. The molecule has 0 spiro atoms. The van der Waals surface area contributed by atoms with Crippen molar-refractivity contribution in [2.45, 2.75) is 0 Å². The van der Waals surface area contributed by atoms with Gasteiger partial charge in [0.25, 0.3) is 5.91 Å². The number of hydrogen-bond donors (Lipinski definition) is 0. The Labute approximate surface area is 156 Å². The fourth-order valence-electron chi connectivity index (χ4n) is 3.12. The third-order valence-corrected chi connectivity index (χ3v) is 4.60. The molecular formula is C20H20N2O5. The van der Waals surface area contributed by atoms with Gasteiger partial charge in [0.1, 0.15) is 13.2 Å². The maximum absolute atomic E-state index is 12.4. The van der Waals surface area contributed by atoms with Crippen molar-refractivity contribution in [3.8, 4) is 11.5 Å². The van der Waals surface area contributed by atoms with E-state index in [1.165, 1.54) is 6.26 Å². The number of benzene rings is 1. The first kappa shape index (κ1) is 17.2. The summed E-state index contributed by atoms with van der Waals surface area (Å²) in [6.45, 7) is 3.05. The quantitative estimate of drug-likeness (QED) is 0.776. The van der Waals surface area contributed by atoms with Crippen LogP contribution >= 0.6 is 0 Å². The summed E-state index contributed by atoms with van der Waals surface area (Å²) in [6, 6.07) is 8.93. The van der Waals surface area contributed by atoms with Gasteiger partial charge in [0.2, 0.25) is 5.91 Å². The number of amides is 2. The molecule has 2 aliphatic rings. The van der Waals surface area contributed by atoms with Crippen molar-refractivity contribution in [3.05, 3.63) is 54.0 Å². The summed E-state index contributed by atoms with van der Waals surface area (Å²) in [4.78, 5) is 28.1. The zero-order chi connectivity index (χ0) is 18.6. The Kier molecular flexibility index (Phi) is 4.82. The van der Waals surface area contributed by atoms with E-state index >= 15 is 0 Å². The maximum Gasteiger partial charge on any atom is 0.289 e. The van der Waals surface area contributed by atoms with E-state index in [2.05, 4.69) is 0 Å². The Hall–Kier alpha value is -3.22. The van der Waals surface area contributed by atoms with E-state index in [0.717, 1.165) is 11.3 Å². The van der Waals surface area contributed by atoms with Crippen LogP contribution in [0, 0.1) is 0 Å². The molecule has 0 unspecified atom stereocenters. The van der Waals surface area contributed by atoms with Crippen molar-refractivity contribution in [1.82, 2.24) is 9.80 Å². The van der Waals surface area contributed by atoms with E-state index in [4.69, 9.17) is 13.9 Å². The number of carbonyl (C=O) groups excluding carboxylic acids is 2. The van der Waals surface area contributed by atoms with Crippen molar-refractivity contribution in [2.75, 3.05) is 39.4 Å². The molecule has 7 nitrogen and oxygen atoms in total. The SMILES string of the molecule is O=C(C=Cc1ccc2c(c1)OCCO2)N1CCN(C(=O)c2ccco2)CC1. The van der Waals surface area contributed by atoms with Gasteiger partial charge in [-0.2, -0.15) is 0 Å². The molecule has 7 heteroatoms. The second kappa shape index (κ2) is 7.57. The molecule has 0 radical (unpaired) electrons. The van der Waals surface area contributed by atoms with Crippen LogP contribution in [0.15, 0.2) is 47.1 Å². The lowest BCUT2D eigenvalue weighted by Gasteiger charge is -2.33. The molecule has 0 atom stereocenters. The Morgan fingerprint density at radius 1 is 0.926 bits per heavy atom. The first-order valence-electron chi connectivity index (χ1n) is 8.90. The third-order valence-electron chi connectivity index (χ3n) is 4.60. The molecule has 4 rings (SSSR count). The van der Waals surface area contributed by atoms with E-state index in [1.54, 1.807) is 34.1 Å². The van der Waals surface area contributed by atoms with Gasteiger partial charge in [0.15, 0.2) is 17.3 Å². The first-order chi connectivity index (χ1) is 13.2. The summed E-state index contributed by atoms with van der Waals surface area (Å²) in [5.41, 5.74) is 0.874. The van der Waals surface area contributed by atoms with Crippen molar-refractivity contribution >= 4 is 17.9 Å². The van der Waals surface area contributed by atoms with Crippen LogP contribution in [0.2, 0.25) is 0 Å². The highest BCUT2D eigenvalue weighted by atomic mass is 16.6. The Balaban J connectivity index is 1.33. The van der Waals surface area contributed by atoms with Gasteiger partial charge >= 0.3 is 0 Å². The van der Waals surface area contributed by atoms with E-state index in [-0.39, 0.29) is 11.8 Å². The van der Waals surface area contributed by atoms with Gasteiger partial charge in [-0.05, 0) is 35.9 Å². The molecule has 1 saturated heterocycles. The summed E-state index contributed by atoms with van der Waals surface area (Å²) in [5.74, 6) is 1.53. The molecular weight excluding hydrogens is 348 g/mol. The number of carbonyl (C=O) groups is 2. The van der Waals surface area contributed by atoms with Crippen LogP contribution in [0.25, 0.3) is 6.08 Å². The number of rotatable bonds is 3. The molecule has 1 aromatic heterocycles. The van der Waals surface area contributed by atoms with Crippen molar-refractivity contribution in [2.24, 2.45) is 0 Å². The lowest BCUT2D eigenvalue weighted by Crippen LogP contribution is -2.50. The first-order valence-corrected chi connectivity index (χ1v) is 8.90. The van der Waals surface area contributed by atoms with E-state index in [9.17, 15) is 9.59 Å². The van der Waals surface area contributed by atoms with Gasteiger partial charge < -0.3 is 23.7 Å². The molecule has 140 valence electrons. The number of piperazine rings is 1. The summed E-state index contributed by atoms with van der Waals surface area (Å²) < 4.78 is 16.2. The second-order valence-corrected chi connectivity index (χ2v) is 6.33. The second-order valence-electron chi connectivity index (χ2n) is 6.33. The maximum atomic E-state index is 12.4. The van der Waals surface area contributed by atoms with Gasteiger partial charge in [0.05, 0.1) is 6.26 Å². The third kappa shape index (κ3) is 3.81. The van der Waals surface area contributed by atoms with Crippen LogP contribution in [0.5, 0.6) is 11.5 Å². The van der Waals surface area contributed by atoms with Gasteiger partial charge in [-0.1, -0.05) is 6.07 Å². The van der Waals surface area contributed by atoms with Gasteiger partial charge in [-0.15, -0.1) is 0 Å². The number of ether oxygens (including phenoxy) is 2. The highest BCUT2D eigenvalue weighted by molar-refractivity contribution is 5.93. The monoisotopic (exact) mass is 368 g/mol. The molecule has 0 N–H and O–H groups in total. The summed E-state index contributed by atoms with van der Waals surface area (Å²) >= 11 is 0. The van der Waals surface area contributed by atoms with Crippen LogP contribution in [0.1, 0.15) is 16.1 Å². The fraction of sp³-hybridized carbons (Fsp3) is 0.300. The summed E-state index contributed by atoms with van der Waals surface area (Å²) in [5, 5.41) is 0. The van der Waals surface area contributed by atoms with Crippen LogP contribution in [0.4, 0.5) is 0 Å². The Morgan fingerprint density at radius 2 is 1.67 bits per heavy atom. The Bertz CT molecular complexity index is 851. The molecule has 2 aromatic rings. The minimum atomic E-state index is -0.140. The molecule has 0 aliphatic carbocycles. The summed E-state index contributed by atoms with van der Waals surface area (Å²) in [7, 11) is 0. The van der Waals surface area contributed by atoms with Crippen molar-refractivity contribution in [1.29, 1.82) is 0 Å². The number of fused-ring (bicyclic) bond motifs is 1. The number of hydrogen-bond acceptors (Lipinski definition) is 5. The molecule has 3 heterocycles. The van der Waals surface area contributed by atoms with Crippen molar-refractivity contribution < 1.29 is 23.5 Å². The molecule has 0 bridgehead atoms. The van der Waals surface area contributed by atoms with Gasteiger partial charge in [-0.25, -0.2) is 0 Å². The number of nitrogens with zero attached hydrogens (tertiary/aromatic N) is 2. The topological polar surface area (TPSA) is 72.2 Å². The zero-order valence-corrected chi connectivity index (χ0v) is 14.8. The average Bonchev–Trinajstić information content (AvgIpc) is 3.26. The standard InChI is InChI=1S/C20H20N2O5/c23-19(6-4-15-3-5-16-18(14-15)27-13-12-26-16)21-7-9-22(10-8-21)20(24)17-2-1-11-25-17/h1-6,11,14H,7-10,12-13H2. The zero-order valence-electron chi connectivity index (χ0n) is 14.8. The molecule has 0 saturated carbocycles. The highest BCUT2D eigenvalue weighted by Crippen LogP contribution is 2.31. The number of furan rings is 1. The molecule has 2 amide bonds. The van der Waals surface area contributed by atoms with Crippen molar-refractivity contribution in [3.63, 3.8) is 0 Å². The van der Waals surface area contributed by atoms with Gasteiger partial charge in [-0.3, -0.25) is 9.59 Å². The smallest absolute Gasteiger partial charge is 0.289 e. The lowest BCUT2D eigenvalue weighted by molar-refractivity contribution is -0.127. The summed E-state index contributed by atoms with van der Waals surface area (Å²) in [6.07, 6.45) is 4.80. The van der Waals surface area contributed by atoms with Crippen LogP contribution < -0.4 is 9.47 Å². The lowest BCUT2D eigenvalue weighted by atomic mass is 10.1.